The molecule has 0 spiro atoms. The molecule has 1 amide bonds. The van der Waals surface area contributed by atoms with Crippen molar-refractivity contribution in [2.45, 2.75) is 38.3 Å². The van der Waals surface area contributed by atoms with Gasteiger partial charge in [-0.05, 0) is 25.7 Å². The summed E-state index contributed by atoms with van der Waals surface area (Å²) >= 11 is 0. The number of hydrogen-bond acceptors (Lipinski definition) is 5. The van der Waals surface area contributed by atoms with Crippen molar-refractivity contribution in [2.24, 2.45) is 4.99 Å². The van der Waals surface area contributed by atoms with E-state index in [2.05, 4.69) is 25.4 Å². The van der Waals surface area contributed by atoms with Gasteiger partial charge < -0.3 is 24.4 Å². The van der Waals surface area contributed by atoms with Crippen LogP contribution in [0, 0.1) is 0 Å². The van der Waals surface area contributed by atoms with Crippen LogP contribution in [0.25, 0.3) is 0 Å². The van der Waals surface area contributed by atoms with Gasteiger partial charge in [-0.15, -0.1) is 10.2 Å². The molecule has 144 valence electrons. The molecule has 9 nitrogen and oxygen atoms in total. The van der Waals surface area contributed by atoms with Crippen LogP contribution in [0.1, 0.15) is 25.7 Å². The van der Waals surface area contributed by atoms with Crippen molar-refractivity contribution in [3.05, 3.63) is 12.7 Å². The Labute approximate surface area is 154 Å². The Morgan fingerprint density at radius 3 is 2.58 bits per heavy atom. The minimum absolute atomic E-state index is 0.152. The van der Waals surface area contributed by atoms with Crippen molar-refractivity contribution in [2.75, 3.05) is 46.4 Å². The second-order valence-corrected chi connectivity index (χ2v) is 6.69. The van der Waals surface area contributed by atoms with Gasteiger partial charge in [0.1, 0.15) is 18.8 Å². The standard InChI is InChI=1S/C17H29N7O2/c1-18-17(19-6-2-3-7-22-13-20-21-14-22)24-10-8-23(9-11-24)16(25)15-5-4-12-26-15/h13-15H,2-12H2,1H3,(H,18,19). The van der Waals surface area contributed by atoms with Gasteiger partial charge in [-0.1, -0.05) is 0 Å². The molecular weight excluding hydrogens is 334 g/mol. The second-order valence-electron chi connectivity index (χ2n) is 6.69. The molecular formula is C17H29N7O2. The smallest absolute Gasteiger partial charge is 0.251 e. The average molecular weight is 363 g/mol. The van der Waals surface area contributed by atoms with Crippen molar-refractivity contribution in [3.8, 4) is 0 Å². The highest BCUT2D eigenvalue weighted by Crippen LogP contribution is 2.16. The van der Waals surface area contributed by atoms with Crippen LogP contribution < -0.4 is 5.32 Å². The monoisotopic (exact) mass is 363 g/mol. The number of ether oxygens (including phenoxy) is 1. The number of aromatic nitrogens is 3. The van der Waals surface area contributed by atoms with Crippen LogP contribution >= 0.6 is 0 Å². The summed E-state index contributed by atoms with van der Waals surface area (Å²) in [5.74, 6) is 1.07. The Morgan fingerprint density at radius 1 is 1.19 bits per heavy atom. The summed E-state index contributed by atoms with van der Waals surface area (Å²) in [5.41, 5.74) is 0. The maximum atomic E-state index is 12.4. The number of rotatable bonds is 6. The van der Waals surface area contributed by atoms with Crippen molar-refractivity contribution in [1.82, 2.24) is 29.9 Å². The largest absolute Gasteiger partial charge is 0.368 e. The molecule has 0 bridgehead atoms. The summed E-state index contributed by atoms with van der Waals surface area (Å²) < 4.78 is 7.50. The Morgan fingerprint density at radius 2 is 1.92 bits per heavy atom. The number of carbonyl (C=O) groups is 1. The fourth-order valence-electron chi connectivity index (χ4n) is 3.40. The Hall–Kier alpha value is -2.16. The molecule has 0 aliphatic carbocycles. The number of nitrogens with zero attached hydrogens (tertiary/aromatic N) is 6. The number of carbonyl (C=O) groups excluding carboxylic acids is 1. The van der Waals surface area contributed by atoms with Gasteiger partial charge in [-0.25, -0.2) is 0 Å². The van der Waals surface area contributed by atoms with Gasteiger partial charge in [-0.2, -0.15) is 0 Å². The Kier molecular flexibility index (Phi) is 6.82. The molecule has 26 heavy (non-hydrogen) atoms. The molecule has 0 saturated carbocycles. The second kappa shape index (κ2) is 9.51. The predicted molar refractivity (Wildman–Crippen MR) is 97.7 cm³/mol. The molecule has 9 heteroatoms. The summed E-state index contributed by atoms with van der Waals surface area (Å²) in [6, 6.07) is 0. The molecule has 3 heterocycles. The van der Waals surface area contributed by atoms with Gasteiger partial charge in [0.25, 0.3) is 5.91 Å². The van der Waals surface area contributed by atoms with Gasteiger partial charge in [0.05, 0.1) is 0 Å². The Bertz CT molecular complexity index is 576. The minimum Gasteiger partial charge on any atom is -0.368 e. The van der Waals surface area contributed by atoms with Crippen LogP contribution in [-0.4, -0.2) is 88.9 Å². The zero-order valence-electron chi connectivity index (χ0n) is 15.5. The van der Waals surface area contributed by atoms with E-state index in [1.54, 1.807) is 12.7 Å². The first-order valence-electron chi connectivity index (χ1n) is 9.46. The van der Waals surface area contributed by atoms with E-state index >= 15 is 0 Å². The van der Waals surface area contributed by atoms with Crippen LogP contribution in [0.5, 0.6) is 0 Å². The van der Waals surface area contributed by atoms with E-state index < -0.39 is 0 Å². The van der Waals surface area contributed by atoms with E-state index in [1.807, 2.05) is 16.5 Å². The molecule has 2 aliphatic rings. The van der Waals surface area contributed by atoms with Gasteiger partial charge in [-0.3, -0.25) is 9.79 Å². The highest BCUT2D eigenvalue weighted by atomic mass is 16.5. The fraction of sp³-hybridized carbons (Fsp3) is 0.765. The van der Waals surface area contributed by atoms with Crippen LogP contribution in [-0.2, 0) is 16.1 Å². The van der Waals surface area contributed by atoms with Crippen LogP contribution in [0.3, 0.4) is 0 Å². The molecule has 0 radical (unpaired) electrons. The number of aliphatic imine (C=N–C) groups is 1. The molecule has 1 unspecified atom stereocenters. The van der Waals surface area contributed by atoms with Crippen LogP contribution in [0.2, 0.25) is 0 Å². The molecule has 1 atom stereocenters. The highest BCUT2D eigenvalue weighted by Gasteiger charge is 2.30. The third-order valence-corrected chi connectivity index (χ3v) is 4.90. The summed E-state index contributed by atoms with van der Waals surface area (Å²) in [7, 11) is 1.81. The molecule has 1 aromatic rings. The fourth-order valence-corrected chi connectivity index (χ4v) is 3.40. The minimum atomic E-state index is -0.218. The number of guanidine groups is 1. The quantitative estimate of drug-likeness (QED) is 0.433. The lowest BCUT2D eigenvalue weighted by molar-refractivity contribution is -0.142. The predicted octanol–water partition coefficient (Wildman–Crippen LogP) is -0.0431. The topological polar surface area (TPSA) is 87.9 Å². The first kappa shape index (κ1) is 18.6. The van der Waals surface area contributed by atoms with Crippen molar-refractivity contribution >= 4 is 11.9 Å². The normalized spacial score (nSPS) is 21.3. The van der Waals surface area contributed by atoms with Crippen LogP contribution in [0.4, 0.5) is 0 Å². The molecule has 3 rings (SSSR count). The summed E-state index contributed by atoms with van der Waals surface area (Å²) in [6.45, 7) is 5.59. The third-order valence-electron chi connectivity index (χ3n) is 4.90. The number of hydrogen-bond donors (Lipinski definition) is 1. The van der Waals surface area contributed by atoms with Gasteiger partial charge >= 0.3 is 0 Å². The number of nitrogens with one attached hydrogen (secondary N) is 1. The maximum absolute atomic E-state index is 12.4. The maximum Gasteiger partial charge on any atom is 0.251 e. The lowest BCUT2D eigenvalue weighted by Crippen LogP contribution is -2.55. The highest BCUT2D eigenvalue weighted by molar-refractivity contribution is 5.82. The van der Waals surface area contributed by atoms with Gasteiger partial charge in [0.15, 0.2) is 5.96 Å². The molecule has 1 N–H and O–H groups in total. The first-order valence-corrected chi connectivity index (χ1v) is 9.46. The number of aryl methyl sites for hydroxylation is 1. The average Bonchev–Trinajstić information content (AvgIpc) is 3.38. The first-order chi connectivity index (χ1) is 12.8. The van der Waals surface area contributed by atoms with E-state index in [4.69, 9.17) is 4.74 Å². The molecule has 2 aliphatic heterocycles. The zero-order valence-corrected chi connectivity index (χ0v) is 15.5. The van der Waals surface area contributed by atoms with Crippen molar-refractivity contribution < 1.29 is 9.53 Å². The zero-order chi connectivity index (χ0) is 18.2. The molecule has 2 saturated heterocycles. The number of unbranched alkanes of at least 4 members (excludes halogenated alkanes) is 1. The summed E-state index contributed by atoms with van der Waals surface area (Å²) in [6.07, 6.45) is 7.22. The van der Waals surface area contributed by atoms with Crippen molar-refractivity contribution in [1.29, 1.82) is 0 Å². The SMILES string of the molecule is CN=C(NCCCCn1cnnc1)N1CCN(C(=O)C2CCCO2)CC1. The van der Waals surface area contributed by atoms with E-state index in [1.165, 1.54) is 0 Å². The lowest BCUT2D eigenvalue weighted by Gasteiger charge is -2.37. The molecule has 1 aromatic heterocycles. The van der Waals surface area contributed by atoms with Crippen molar-refractivity contribution in [3.63, 3.8) is 0 Å². The number of piperazine rings is 1. The summed E-state index contributed by atoms with van der Waals surface area (Å²) in [5, 5.41) is 11.0. The summed E-state index contributed by atoms with van der Waals surface area (Å²) in [4.78, 5) is 20.9. The number of amides is 1. The van der Waals surface area contributed by atoms with E-state index in [9.17, 15) is 4.79 Å². The van der Waals surface area contributed by atoms with E-state index in [-0.39, 0.29) is 12.0 Å². The van der Waals surface area contributed by atoms with Gasteiger partial charge in [0, 0.05) is 52.9 Å². The van der Waals surface area contributed by atoms with E-state index in [0.29, 0.717) is 6.61 Å². The van der Waals surface area contributed by atoms with E-state index in [0.717, 1.165) is 70.9 Å². The Balaban J connectivity index is 1.34. The lowest BCUT2D eigenvalue weighted by atomic mass is 10.2. The third kappa shape index (κ3) is 4.94. The van der Waals surface area contributed by atoms with Crippen LogP contribution in [0.15, 0.2) is 17.6 Å². The molecule has 0 aromatic carbocycles. The van der Waals surface area contributed by atoms with Gasteiger partial charge in [0.2, 0.25) is 0 Å². The molecule has 2 fully saturated rings.